The number of rotatable bonds is 2. The van der Waals surface area contributed by atoms with E-state index >= 15 is 0 Å². The number of carbonyl (C=O) groups excluding carboxylic acids is 1. The number of amides is 1. The van der Waals surface area contributed by atoms with Gasteiger partial charge in [0.1, 0.15) is 0 Å². The second kappa shape index (κ2) is 5.66. The van der Waals surface area contributed by atoms with Crippen LogP contribution in [0.25, 0.3) is 5.69 Å². The monoisotopic (exact) mass is 288 g/mol. The Kier molecular flexibility index (Phi) is 3.73. The molecular formula is C14H16N4OS. The average Bonchev–Trinajstić information content (AvgIpc) is 2.97. The normalized spacial score (nSPS) is 15.3. The summed E-state index contributed by atoms with van der Waals surface area (Å²) in [7, 11) is 0. The Balaban J connectivity index is 1.81. The highest BCUT2D eigenvalue weighted by atomic mass is 32.2. The fourth-order valence-electron chi connectivity index (χ4n) is 2.19. The smallest absolute Gasteiger partial charge is 0.276 e. The van der Waals surface area contributed by atoms with E-state index in [0.29, 0.717) is 5.69 Å². The second-order valence-corrected chi connectivity index (χ2v) is 6.02. The molecule has 1 saturated heterocycles. The lowest BCUT2D eigenvalue weighted by Gasteiger charge is -2.25. The van der Waals surface area contributed by atoms with Gasteiger partial charge >= 0.3 is 0 Å². The average molecular weight is 288 g/mol. The molecule has 20 heavy (non-hydrogen) atoms. The molecular weight excluding hydrogens is 272 g/mol. The summed E-state index contributed by atoms with van der Waals surface area (Å²) in [6, 6.07) is 7.96. The van der Waals surface area contributed by atoms with Gasteiger partial charge in [0.2, 0.25) is 0 Å². The molecule has 1 aromatic heterocycles. The third-order valence-corrected chi connectivity index (χ3v) is 4.22. The Morgan fingerprint density at radius 3 is 2.85 bits per heavy atom. The second-order valence-electron chi connectivity index (χ2n) is 4.79. The van der Waals surface area contributed by atoms with Gasteiger partial charge in [0.25, 0.3) is 5.91 Å². The zero-order valence-corrected chi connectivity index (χ0v) is 12.1. The van der Waals surface area contributed by atoms with Gasteiger partial charge in [-0.3, -0.25) is 4.79 Å². The lowest BCUT2D eigenvalue weighted by molar-refractivity contribution is 0.0766. The molecule has 0 N–H and O–H groups in total. The van der Waals surface area contributed by atoms with Gasteiger partial charge in [0, 0.05) is 24.6 Å². The molecule has 0 saturated carbocycles. The summed E-state index contributed by atoms with van der Waals surface area (Å²) in [5.74, 6) is 1.97. The molecule has 0 unspecified atom stereocenters. The molecule has 0 radical (unpaired) electrons. The van der Waals surface area contributed by atoms with Crippen LogP contribution in [0.4, 0.5) is 0 Å². The van der Waals surface area contributed by atoms with Gasteiger partial charge in [-0.25, -0.2) is 4.68 Å². The van der Waals surface area contributed by atoms with Crippen LogP contribution in [-0.2, 0) is 0 Å². The van der Waals surface area contributed by atoms with Crippen molar-refractivity contribution in [3.63, 3.8) is 0 Å². The predicted molar refractivity (Wildman–Crippen MR) is 79.3 cm³/mol. The van der Waals surface area contributed by atoms with Crippen LogP contribution in [0.1, 0.15) is 16.1 Å². The SMILES string of the molecule is Cc1cccc(-n2cc(C(=O)N3CCSCC3)nn2)c1. The largest absolute Gasteiger partial charge is 0.336 e. The first-order chi connectivity index (χ1) is 9.74. The first-order valence-corrected chi connectivity index (χ1v) is 7.76. The van der Waals surface area contributed by atoms with Crippen molar-refractivity contribution in [3.8, 4) is 5.69 Å². The van der Waals surface area contributed by atoms with Crippen molar-refractivity contribution in [2.75, 3.05) is 24.6 Å². The van der Waals surface area contributed by atoms with Crippen LogP contribution in [0.3, 0.4) is 0 Å². The van der Waals surface area contributed by atoms with Crippen LogP contribution in [0.15, 0.2) is 30.5 Å². The zero-order chi connectivity index (χ0) is 13.9. The summed E-state index contributed by atoms with van der Waals surface area (Å²) in [4.78, 5) is 14.2. The molecule has 0 bridgehead atoms. The summed E-state index contributed by atoms with van der Waals surface area (Å²) in [6.45, 7) is 3.61. The van der Waals surface area contributed by atoms with Crippen LogP contribution < -0.4 is 0 Å². The van der Waals surface area contributed by atoms with Crippen LogP contribution in [0.2, 0.25) is 0 Å². The third-order valence-electron chi connectivity index (χ3n) is 3.28. The lowest BCUT2D eigenvalue weighted by atomic mass is 10.2. The molecule has 1 aliphatic rings. The van der Waals surface area contributed by atoms with E-state index in [1.165, 1.54) is 0 Å². The minimum atomic E-state index is -0.0239. The molecule has 6 heteroatoms. The Hall–Kier alpha value is -1.82. The first kappa shape index (κ1) is 13.2. The highest BCUT2D eigenvalue weighted by Crippen LogP contribution is 2.13. The molecule has 1 fully saturated rings. The Morgan fingerprint density at radius 2 is 2.10 bits per heavy atom. The first-order valence-electron chi connectivity index (χ1n) is 6.60. The quantitative estimate of drug-likeness (QED) is 0.845. The van der Waals surface area contributed by atoms with Gasteiger partial charge in [0.05, 0.1) is 11.9 Å². The number of benzene rings is 1. The summed E-state index contributed by atoms with van der Waals surface area (Å²) in [5.41, 5.74) is 2.49. The van der Waals surface area contributed by atoms with E-state index in [9.17, 15) is 4.79 Å². The van der Waals surface area contributed by atoms with Crippen molar-refractivity contribution in [3.05, 3.63) is 41.7 Å². The molecule has 0 atom stereocenters. The molecule has 1 aromatic carbocycles. The van der Waals surface area contributed by atoms with E-state index < -0.39 is 0 Å². The summed E-state index contributed by atoms with van der Waals surface area (Å²) >= 11 is 1.88. The highest BCUT2D eigenvalue weighted by Gasteiger charge is 2.21. The number of hydrogen-bond donors (Lipinski definition) is 0. The zero-order valence-electron chi connectivity index (χ0n) is 11.3. The molecule has 0 spiro atoms. The van der Waals surface area contributed by atoms with Crippen molar-refractivity contribution in [1.82, 2.24) is 19.9 Å². The van der Waals surface area contributed by atoms with Crippen LogP contribution in [-0.4, -0.2) is 50.4 Å². The van der Waals surface area contributed by atoms with Crippen LogP contribution >= 0.6 is 11.8 Å². The molecule has 2 aromatic rings. The standard InChI is InChI=1S/C14H16N4OS/c1-11-3-2-4-12(9-11)18-10-13(15-16-18)14(19)17-5-7-20-8-6-17/h2-4,9-10H,5-8H2,1H3. The minimum absolute atomic E-state index is 0.0239. The van der Waals surface area contributed by atoms with Gasteiger partial charge in [-0.15, -0.1) is 5.10 Å². The topological polar surface area (TPSA) is 51.0 Å². The molecule has 0 aliphatic carbocycles. The van der Waals surface area contributed by atoms with Crippen LogP contribution in [0, 0.1) is 6.92 Å². The predicted octanol–water partition coefficient (Wildman–Crippen LogP) is 1.76. The van der Waals surface area contributed by atoms with Gasteiger partial charge in [0.15, 0.2) is 5.69 Å². The molecule has 2 heterocycles. The molecule has 1 aliphatic heterocycles. The van der Waals surface area contributed by atoms with E-state index in [4.69, 9.17) is 0 Å². The number of carbonyl (C=O) groups is 1. The van der Waals surface area contributed by atoms with Crippen molar-refractivity contribution >= 4 is 17.7 Å². The molecule has 5 nitrogen and oxygen atoms in total. The fraction of sp³-hybridized carbons (Fsp3) is 0.357. The maximum absolute atomic E-state index is 12.3. The maximum atomic E-state index is 12.3. The Morgan fingerprint density at radius 1 is 1.30 bits per heavy atom. The van der Waals surface area contributed by atoms with Crippen molar-refractivity contribution < 1.29 is 4.79 Å². The number of hydrogen-bond acceptors (Lipinski definition) is 4. The maximum Gasteiger partial charge on any atom is 0.276 e. The number of aromatic nitrogens is 3. The highest BCUT2D eigenvalue weighted by molar-refractivity contribution is 7.99. The molecule has 1 amide bonds. The van der Waals surface area contributed by atoms with Gasteiger partial charge in [-0.05, 0) is 24.6 Å². The number of nitrogens with zero attached hydrogens (tertiary/aromatic N) is 4. The van der Waals surface area contributed by atoms with Gasteiger partial charge in [-0.2, -0.15) is 11.8 Å². The molecule has 3 rings (SSSR count). The Bertz CT molecular complexity index is 619. The minimum Gasteiger partial charge on any atom is -0.336 e. The lowest BCUT2D eigenvalue weighted by Crippen LogP contribution is -2.38. The van der Waals surface area contributed by atoms with Crippen molar-refractivity contribution in [2.24, 2.45) is 0 Å². The summed E-state index contributed by atoms with van der Waals surface area (Å²) < 4.78 is 1.65. The fourth-order valence-corrected chi connectivity index (χ4v) is 3.09. The van der Waals surface area contributed by atoms with Gasteiger partial charge in [-0.1, -0.05) is 17.3 Å². The number of aryl methyl sites for hydroxylation is 1. The Labute approximate surface area is 122 Å². The van der Waals surface area contributed by atoms with E-state index in [-0.39, 0.29) is 5.91 Å². The summed E-state index contributed by atoms with van der Waals surface area (Å²) in [5, 5.41) is 8.07. The van der Waals surface area contributed by atoms with E-state index in [1.54, 1.807) is 10.9 Å². The van der Waals surface area contributed by atoms with E-state index in [1.807, 2.05) is 47.9 Å². The van der Waals surface area contributed by atoms with E-state index in [2.05, 4.69) is 10.3 Å². The van der Waals surface area contributed by atoms with Crippen LogP contribution in [0.5, 0.6) is 0 Å². The van der Waals surface area contributed by atoms with Gasteiger partial charge < -0.3 is 4.90 Å². The molecule has 104 valence electrons. The number of thioether (sulfide) groups is 1. The summed E-state index contributed by atoms with van der Waals surface area (Å²) in [6.07, 6.45) is 1.71. The van der Waals surface area contributed by atoms with E-state index in [0.717, 1.165) is 35.8 Å². The van der Waals surface area contributed by atoms with Crippen molar-refractivity contribution in [2.45, 2.75) is 6.92 Å². The third kappa shape index (κ3) is 2.70. The van der Waals surface area contributed by atoms with Crippen molar-refractivity contribution in [1.29, 1.82) is 0 Å².